The molecule has 2 aromatic rings. The number of ether oxygens (including phenoxy) is 1. The number of ketones is 1. The van der Waals surface area contributed by atoms with Gasteiger partial charge in [-0.15, -0.1) is 11.8 Å². The molecule has 0 fully saturated rings. The zero-order chi connectivity index (χ0) is 17.5. The molecular weight excluding hydrogens is 331 g/mol. The average molecular weight is 346 g/mol. The third-order valence-electron chi connectivity index (χ3n) is 3.11. The lowest BCUT2D eigenvalue weighted by molar-refractivity contribution is -0.133. The Balaban J connectivity index is 2.07. The maximum absolute atomic E-state index is 13.9. The Bertz CT molecular complexity index is 769. The Labute approximate surface area is 143 Å². The molecule has 0 aliphatic rings. The second kappa shape index (κ2) is 8.31. The standard InChI is InChI=1S/C18H15FO4S/c1-23-14-6-2-12(3-7-14)4-8-16(20)13-5-9-17(15(19)10-13)24-11-18(21)22/h2-10H,11H2,1H3,(H,21,22)/b8-4+. The summed E-state index contributed by atoms with van der Waals surface area (Å²) in [7, 11) is 1.57. The van der Waals surface area contributed by atoms with Crippen molar-refractivity contribution in [3.63, 3.8) is 0 Å². The van der Waals surface area contributed by atoms with E-state index in [4.69, 9.17) is 9.84 Å². The number of rotatable bonds is 7. The van der Waals surface area contributed by atoms with Crippen molar-refractivity contribution in [1.82, 2.24) is 0 Å². The zero-order valence-corrected chi connectivity index (χ0v) is 13.7. The lowest BCUT2D eigenvalue weighted by atomic mass is 10.1. The maximum atomic E-state index is 13.9. The summed E-state index contributed by atoms with van der Waals surface area (Å²) in [6, 6.07) is 11.2. The minimum Gasteiger partial charge on any atom is -0.497 e. The number of aliphatic carboxylic acids is 1. The summed E-state index contributed by atoms with van der Waals surface area (Å²) in [4.78, 5) is 22.8. The van der Waals surface area contributed by atoms with Crippen molar-refractivity contribution >= 4 is 29.6 Å². The van der Waals surface area contributed by atoms with Crippen LogP contribution in [-0.2, 0) is 4.79 Å². The summed E-state index contributed by atoms with van der Waals surface area (Å²) in [6.45, 7) is 0. The molecule has 124 valence electrons. The van der Waals surface area contributed by atoms with E-state index < -0.39 is 11.8 Å². The molecule has 0 amide bonds. The van der Waals surface area contributed by atoms with Crippen molar-refractivity contribution in [2.45, 2.75) is 4.90 Å². The van der Waals surface area contributed by atoms with Gasteiger partial charge in [-0.1, -0.05) is 18.2 Å². The Morgan fingerprint density at radius 2 is 1.92 bits per heavy atom. The fourth-order valence-corrected chi connectivity index (χ4v) is 2.53. The van der Waals surface area contributed by atoms with Crippen LogP contribution in [0.3, 0.4) is 0 Å². The average Bonchev–Trinajstić information content (AvgIpc) is 2.58. The number of thioether (sulfide) groups is 1. The van der Waals surface area contributed by atoms with Crippen LogP contribution in [0.15, 0.2) is 53.4 Å². The van der Waals surface area contributed by atoms with E-state index in [1.54, 1.807) is 37.5 Å². The number of halogens is 1. The molecule has 2 aromatic carbocycles. The number of carboxylic acid groups (broad SMARTS) is 1. The van der Waals surface area contributed by atoms with Crippen LogP contribution >= 0.6 is 11.8 Å². The van der Waals surface area contributed by atoms with E-state index >= 15 is 0 Å². The van der Waals surface area contributed by atoms with Crippen LogP contribution in [0.1, 0.15) is 15.9 Å². The first kappa shape index (κ1) is 17.7. The molecule has 2 rings (SSSR count). The molecule has 0 aliphatic heterocycles. The molecule has 0 saturated carbocycles. The molecular formula is C18H15FO4S. The molecule has 0 atom stereocenters. The molecule has 0 bridgehead atoms. The van der Waals surface area contributed by atoms with E-state index in [-0.39, 0.29) is 22.0 Å². The van der Waals surface area contributed by atoms with E-state index in [0.717, 1.165) is 29.1 Å². The molecule has 1 N–H and O–H groups in total. The van der Waals surface area contributed by atoms with Gasteiger partial charge in [0.1, 0.15) is 11.6 Å². The first-order valence-corrected chi connectivity index (χ1v) is 7.99. The smallest absolute Gasteiger partial charge is 0.313 e. The Morgan fingerprint density at radius 1 is 1.21 bits per heavy atom. The Morgan fingerprint density at radius 3 is 2.50 bits per heavy atom. The first-order chi connectivity index (χ1) is 11.5. The Hall–Kier alpha value is -2.60. The van der Waals surface area contributed by atoms with Gasteiger partial charge in [0.05, 0.1) is 12.9 Å². The van der Waals surface area contributed by atoms with Gasteiger partial charge >= 0.3 is 5.97 Å². The van der Waals surface area contributed by atoms with E-state index in [2.05, 4.69) is 0 Å². The monoisotopic (exact) mass is 346 g/mol. The maximum Gasteiger partial charge on any atom is 0.313 e. The summed E-state index contributed by atoms with van der Waals surface area (Å²) < 4.78 is 19.0. The molecule has 0 aliphatic carbocycles. The van der Waals surface area contributed by atoms with Crippen molar-refractivity contribution < 1.29 is 23.8 Å². The molecule has 0 unspecified atom stereocenters. The van der Waals surface area contributed by atoms with Crippen molar-refractivity contribution in [2.24, 2.45) is 0 Å². The highest BCUT2D eigenvalue weighted by Crippen LogP contribution is 2.23. The van der Waals surface area contributed by atoms with Crippen molar-refractivity contribution in [3.8, 4) is 5.75 Å². The van der Waals surface area contributed by atoms with Gasteiger partial charge in [0.2, 0.25) is 0 Å². The van der Waals surface area contributed by atoms with Crippen LogP contribution in [-0.4, -0.2) is 29.7 Å². The van der Waals surface area contributed by atoms with Gasteiger partial charge < -0.3 is 9.84 Å². The fourth-order valence-electron chi connectivity index (χ4n) is 1.89. The predicted molar refractivity (Wildman–Crippen MR) is 91.1 cm³/mol. The van der Waals surface area contributed by atoms with Gasteiger partial charge in [0, 0.05) is 10.5 Å². The fraction of sp³-hybridized carbons (Fsp3) is 0.111. The topological polar surface area (TPSA) is 63.6 Å². The van der Waals surface area contributed by atoms with E-state index in [9.17, 15) is 14.0 Å². The second-order valence-corrected chi connectivity index (χ2v) is 5.82. The number of benzene rings is 2. The molecule has 0 saturated heterocycles. The van der Waals surface area contributed by atoms with Crippen LogP contribution in [0.5, 0.6) is 5.75 Å². The first-order valence-electron chi connectivity index (χ1n) is 7.00. The van der Waals surface area contributed by atoms with Gasteiger partial charge in [0.15, 0.2) is 5.78 Å². The van der Waals surface area contributed by atoms with Crippen LogP contribution < -0.4 is 4.74 Å². The minimum atomic E-state index is -1.03. The summed E-state index contributed by atoms with van der Waals surface area (Å²) >= 11 is 0.874. The van der Waals surface area contributed by atoms with Crippen LogP contribution in [0.4, 0.5) is 4.39 Å². The van der Waals surface area contributed by atoms with Crippen molar-refractivity contribution in [3.05, 3.63) is 65.5 Å². The minimum absolute atomic E-state index is 0.202. The second-order valence-electron chi connectivity index (χ2n) is 4.80. The van der Waals surface area contributed by atoms with Gasteiger partial charge in [-0.3, -0.25) is 9.59 Å². The van der Waals surface area contributed by atoms with Crippen molar-refractivity contribution in [1.29, 1.82) is 0 Å². The SMILES string of the molecule is COc1ccc(/C=C/C(=O)c2ccc(SCC(=O)O)c(F)c2)cc1. The number of hydrogen-bond donors (Lipinski definition) is 1. The quantitative estimate of drug-likeness (QED) is 0.468. The number of carbonyl (C=O) groups is 2. The highest BCUT2D eigenvalue weighted by atomic mass is 32.2. The molecule has 0 radical (unpaired) electrons. The van der Waals surface area contributed by atoms with Crippen LogP contribution in [0.25, 0.3) is 6.08 Å². The molecule has 6 heteroatoms. The molecule has 4 nitrogen and oxygen atoms in total. The zero-order valence-electron chi connectivity index (χ0n) is 12.9. The van der Waals surface area contributed by atoms with Crippen LogP contribution in [0.2, 0.25) is 0 Å². The summed E-state index contributed by atoms with van der Waals surface area (Å²) in [5.74, 6) is -1.48. The number of carbonyl (C=O) groups excluding carboxylic acids is 1. The van der Waals surface area contributed by atoms with Gasteiger partial charge in [-0.05, 0) is 42.0 Å². The Kier molecular flexibility index (Phi) is 6.14. The lowest BCUT2D eigenvalue weighted by Gasteiger charge is -2.03. The number of allylic oxidation sites excluding steroid dienone is 1. The summed E-state index contributed by atoms with van der Waals surface area (Å²) in [5.41, 5.74) is 1.02. The number of carboxylic acids is 1. The van der Waals surface area contributed by atoms with E-state index in [1.807, 2.05) is 0 Å². The van der Waals surface area contributed by atoms with E-state index in [0.29, 0.717) is 0 Å². The summed E-state index contributed by atoms with van der Waals surface area (Å²) in [5, 5.41) is 8.61. The number of hydrogen-bond acceptors (Lipinski definition) is 4. The third kappa shape index (κ3) is 4.96. The van der Waals surface area contributed by atoms with Crippen molar-refractivity contribution in [2.75, 3.05) is 12.9 Å². The largest absolute Gasteiger partial charge is 0.497 e. The molecule has 0 aromatic heterocycles. The predicted octanol–water partition coefficient (Wildman–Crippen LogP) is 3.91. The molecule has 0 heterocycles. The van der Waals surface area contributed by atoms with Crippen LogP contribution in [0, 0.1) is 5.82 Å². The third-order valence-corrected chi connectivity index (χ3v) is 4.14. The van der Waals surface area contributed by atoms with Gasteiger partial charge in [-0.25, -0.2) is 4.39 Å². The normalized spacial score (nSPS) is 10.8. The number of methoxy groups -OCH3 is 1. The van der Waals surface area contributed by atoms with Gasteiger partial charge in [-0.2, -0.15) is 0 Å². The summed E-state index contributed by atoms with van der Waals surface area (Å²) in [6.07, 6.45) is 2.99. The molecule has 0 spiro atoms. The highest BCUT2D eigenvalue weighted by Gasteiger charge is 2.09. The molecule has 24 heavy (non-hydrogen) atoms. The highest BCUT2D eigenvalue weighted by molar-refractivity contribution is 8.00. The van der Waals surface area contributed by atoms with Gasteiger partial charge in [0.25, 0.3) is 0 Å². The van der Waals surface area contributed by atoms with E-state index in [1.165, 1.54) is 18.2 Å². The lowest BCUT2D eigenvalue weighted by Crippen LogP contribution is -2.00.